The maximum Gasteiger partial charge on any atom is 0.274 e. The lowest BCUT2D eigenvalue weighted by Crippen LogP contribution is -2.18. The largest absolute Gasteiger partial charge is 0.326 e. The normalized spacial score (nSPS) is 10.7. The molecule has 1 heterocycles. The number of nitrogens with zero attached hydrogens (tertiary/aromatic N) is 1. The van der Waals surface area contributed by atoms with E-state index in [2.05, 4.69) is 31.2 Å². The molecule has 0 spiro atoms. The molecule has 112 valence electrons. The highest BCUT2D eigenvalue weighted by Crippen LogP contribution is 2.24. The quantitative estimate of drug-likeness (QED) is 0.423. The first-order chi connectivity index (χ1) is 10.6. The van der Waals surface area contributed by atoms with Gasteiger partial charge in [0.05, 0.1) is 15.5 Å². The number of rotatable bonds is 3. The van der Waals surface area contributed by atoms with Crippen LogP contribution in [0, 0.1) is 5.82 Å². The Labute approximate surface area is 132 Å². The summed E-state index contributed by atoms with van der Waals surface area (Å²) in [6, 6.07) is 9.41. The fourth-order valence-corrected chi connectivity index (χ4v) is 2.33. The molecule has 0 aliphatic carbocycles. The van der Waals surface area contributed by atoms with Gasteiger partial charge in [-0.2, -0.15) is 0 Å². The van der Waals surface area contributed by atoms with E-state index < -0.39 is 5.91 Å². The molecule has 8 heteroatoms. The van der Waals surface area contributed by atoms with E-state index in [1.54, 1.807) is 35.8 Å². The number of anilines is 2. The molecule has 4 N–H and O–H groups in total. The first-order valence-electron chi connectivity index (χ1n) is 6.23. The lowest BCUT2D eigenvalue weighted by molar-refractivity contribution is 0.0706. The van der Waals surface area contributed by atoms with Crippen LogP contribution in [0.4, 0.5) is 16.0 Å². The van der Waals surface area contributed by atoms with Crippen LogP contribution < -0.4 is 10.8 Å². The van der Waals surface area contributed by atoms with Gasteiger partial charge in [0.1, 0.15) is 5.82 Å². The van der Waals surface area contributed by atoms with Crippen molar-refractivity contribution in [1.82, 2.24) is 15.4 Å². The minimum absolute atomic E-state index is 0.289. The van der Waals surface area contributed by atoms with E-state index in [0.717, 1.165) is 0 Å². The van der Waals surface area contributed by atoms with E-state index >= 15 is 0 Å². The molecule has 0 atom stereocenters. The first-order valence-corrected chi connectivity index (χ1v) is 7.02. The molecule has 1 aromatic heterocycles. The van der Waals surface area contributed by atoms with Crippen LogP contribution in [0.3, 0.4) is 0 Å². The number of benzene rings is 2. The second-order valence-corrected chi connectivity index (χ2v) is 5.37. The molecule has 6 nitrogen and oxygen atoms in total. The number of carbonyl (C=O) groups is 1. The fraction of sp³-hybridized carbons (Fsp3) is 0. The predicted octanol–water partition coefficient (Wildman–Crippen LogP) is 3.33. The lowest BCUT2D eigenvalue weighted by atomic mass is 10.2. The Balaban J connectivity index is 1.91. The Hall–Kier alpha value is -2.45. The number of nitrogens with one attached hydrogen (secondary N) is 3. The van der Waals surface area contributed by atoms with Crippen LogP contribution in [0.25, 0.3) is 11.0 Å². The van der Waals surface area contributed by atoms with Crippen LogP contribution in [0.1, 0.15) is 10.4 Å². The van der Waals surface area contributed by atoms with Gasteiger partial charge in [-0.3, -0.25) is 10.0 Å². The van der Waals surface area contributed by atoms with Crippen molar-refractivity contribution in [3.05, 3.63) is 52.3 Å². The number of hydroxylamine groups is 1. The van der Waals surface area contributed by atoms with Gasteiger partial charge in [-0.15, -0.1) is 0 Å². The summed E-state index contributed by atoms with van der Waals surface area (Å²) in [5.74, 6) is -0.586. The minimum Gasteiger partial charge on any atom is -0.326 e. The molecule has 0 aliphatic rings. The molecule has 3 rings (SSSR count). The van der Waals surface area contributed by atoms with Crippen molar-refractivity contribution in [2.24, 2.45) is 0 Å². The molecule has 0 saturated heterocycles. The monoisotopic (exact) mass is 364 g/mol. The van der Waals surface area contributed by atoms with Crippen LogP contribution in [0.5, 0.6) is 0 Å². The number of halogens is 2. The minimum atomic E-state index is -0.612. The molecule has 0 unspecified atom stereocenters. The van der Waals surface area contributed by atoms with Crippen molar-refractivity contribution >= 4 is 44.5 Å². The number of fused-ring (bicyclic) bond motifs is 1. The van der Waals surface area contributed by atoms with Gasteiger partial charge in [0.2, 0.25) is 5.95 Å². The number of hydrogen-bond donors (Lipinski definition) is 4. The highest BCUT2D eigenvalue weighted by molar-refractivity contribution is 9.10. The highest BCUT2D eigenvalue weighted by Gasteiger charge is 2.09. The molecule has 2 aromatic carbocycles. The zero-order chi connectivity index (χ0) is 15.7. The summed E-state index contributed by atoms with van der Waals surface area (Å²) in [6.45, 7) is 0. The van der Waals surface area contributed by atoms with Crippen molar-refractivity contribution in [2.45, 2.75) is 0 Å². The van der Waals surface area contributed by atoms with Crippen LogP contribution in [0.15, 0.2) is 40.9 Å². The van der Waals surface area contributed by atoms with E-state index in [4.69, 9.17) is 5.21 Å². The van der Waals surface area contributed by atoms with Crippen molar-refractivity contribution in [3.8, 4) is 0 Å². The first kappa shape index (κ1) is 14.5. The summed E-state index contributed by atoms with van der Waals surface area (Å²) in [7, 11) is 0. The second kappa shape index (κ2) is 5.74. The van der Waals surface area contributed by atoms with Crippen LogP contribution >= 0.6 is 15.9 Å². The highest BCUT2D eigenvalue weighted by atomic mass is 79.9. The molecular weight excluding hydrogens is 355 g/mol. The van der Waals surface area contributed by atoms with E-state index in [0.29, 0.717) is 27.1 Å². The van der Waals surface area contributed by atoms with E-state index in [9.17, 15) is 9.18 Å². The molecule has 0 bridgehead atoms. The van der Waals surface area contributed by atoms with Crippen LogP contribution in [-0.2, 0) is 0 Å². The van der Waals surface area contributed by atoms with Gasteiger partial charge in [-0.25, -0.2) is 14.9 Å². The van der Waals surface area contributed by atoms with Crippen molar-refractivity contribution in [2.75, 3.05) is 5.32 Å². The smallest absolute Gasteiger partial charge is 0.274 e. The average molecular weight is 365 g/mol. The maximum atomic E-state index is 13.5. The van der Waals surface area contributed by atoms with Crippen molar-refractivity contribution in [3.63, 3.8) is 0 Å². The predicted molar refractivity (Wildman–Crippen MR) is 82.7 cm³/mol. The van der Waals surface area contributed by atoms with Gasteiger partial charge in [0.25, 0.3) is 5.91 Å². The second-order valence-electron chi connectivity index (χ2n) is 4.52. The Morgan fingerprint density at radius 3 is 2.91 bits per heavy atom. The van der Waals surface area contributed by atoms with E-state index in [1.807, 2.05) is 0 Å². The Kier molecular flexibility index (Phi) is 3.78. The molecule has 22 heavy (non-hydrogen) atoms. The van der Waals surface area contributed by atoms with Crippen molar-refractivity contribution < 1.29 is 14.4 Å². The van der Waals surface area contributed by atoms with Gasteiger partial charge in [-0.1, -0.05) is 6.07 Å². The summed E-state index contributed by atoms with van der Waals surface area (Å²) in [5, 5.41) is 11.6. The number of amides is 1. The van der Waals surface area contributed by atoms with Gasteiger partial charge < -0.3 is 10.3 Å². The Bertz CT molecular complexity index is 826. The third-order valence-corrected chi connectivity index (χ3v) is 3.62. The fourth-order valence-electron chi connectivity index (χ4n) is 2.00. The standard InChI is InChI=1S/C14H10BrFN4O2/c15-9-5-11-12(6-10(9)16)19-14(18-11)17-8-3-1-2-7(4-8)13(21)20-22/h1-6,22H,(H,20,21)(H2,17,18,19). The number of H-pyrrole nitrogens is 1. The molecule has 0 fully saturated rings. The van der Waals surface area contributed by atoms with Gasteiger partial charge in [0, 0.05) is 17.3 Å². The van der Waals surface area contributed by atoms with Crippen molar-refractivity contribution in [1.29, 1.82) is 0 Å². The molecule has 0 saturated carbocycles. The van der Waals surface area contributed by atoms with Gasteiger partial charge in [0.15, 0.2) is 0 Å². The Morgan fingerprint density at radius 1 is 1.32 bits per heavy atom. The van der Waals surface area contributed by atoms with Crippen LogP contribution in [0.2, 0.25) is 0 Å². The topological polar surface area (TPSA) is 90.0 Å². The SMILES string of the molecule is O=C(NO)c1cccc(Nc2nc3cc(Br)c(F)cc3[nH]2)c1. The molecule has 3 aromatic rings. The zero-order valence-corrected chi connectivity index (χ0v) is 12.6. The summed E-state index contributed by atoms with van der Waals surface area (Å²) in [5.41, 5.74) is 3.60. The van der Waals surface area contributed by atoms with Gasteiger partial charge in [-0.05, 0) is 40.2 Å². The Morgan fingerprint density at radius 2 is 2.14 bits per heavy atom. The lowest BCUT2D eigenvalue weighted by Gasteiger charge is -2.04. The number of carbonyl (C=O) groups excluding carboxylic acids is 1. The number of aromatic nitrogens is 2. The molecule has 1 amide bonds. The van der Waals surface area contributed by atoms with Gasteiger partial charge >= 0.3 is 0 Å². The zero-order valence-electron chi connectivity index (χ0n) is 11.0. The summed E-state index contributed by atoms with van der Waals surface area (Å²) < 4.78 is 13.8. The van der Waals surface area contributed by atoms with E-state index in [-0.39, 0.29) is 11.4 Å². The van der Waals surface area contributed by atoms with E-state index in [1.165, 1.54) is 6.07 Å². The summed E-state index contributed by atoms with van der Waals surface area (Å²) >= 11 is 3.11. The summed E-state index contributed by atoms with van der Waals surface area (Å²) in [4.78, 5) is 18.6. The third-order valence-electron chi connectivity index (χ3n) is 3.01. The average Bonchev–Trinajstić information content (AvgIpc) is 2.88. The summed E-state index contributed by atoms with van der Waals surface area (Å²) in [6.07, 6.45) is 0. The number of aromatic amines is 1. The molecular formula is C14H10BrFN4O2. The van der Waals surface area contributed by atoms with Crippen LogP contribution in [-0.4, -0.2) is 21.1 Å². The molecule has 0 aliphatic heterocycles. The number of imidazole rings is 1. The third kappa shape index (κ3) is 2.78. The number of hydrogen-bond acceptors (Lipinski definition) is 4. The molecule has 0 radical (unpaired) electrons. The maximum absolute atomic E-state index is 13.5.